The third-order valence-corrected chi connectivity index (χ3v) is 3.44. The molecule has 0 amide bonds. The van der Waals surface area contributed by atoms with E-state index in [0.717, 1.165) is 23.9 Å². The summed E-state index contributed by atoms with van der Waals surface area (Å²) in [5.74, 6) is 1.50. The second kappa shape index (κ2) is 6.28. The van der Waals surface area contributed by atoms with Crippen LogP contribution in [-0.2, 0) is 19.9 Å². The van der Waals surface area contributed by atoms with Crippen LogP contribution in [-0.4, -0.2) is 9.78 Å². The van der Waals surface area contributed by atoms with Crippen LogP contribution in [0.25, 0.3) is 0 Å². The summed E-state index contributed by atoms with van der Waals surface area (Å²) in [6, 6.07) is 3.27. The van der Waals surface area contributed by atoms with Gasteiger partial charge < -0.3 is 0 Å². The molecule has 0 bridgehead atoms. The van der Waals surface area contributed by atoms with E-state index in [-0.39, 0.29) is 5.56 Å². The topological polar surface area (TPSA) is 55.9 Å². The SMILES string of the molecule is CCc1cc(CC(NN)c2ccc(F)c(F)c2F)n(C)n1. The number of nitrogens with two attached hydrogens (primary N) is 1. The molecular weight excluding hydrogens is 281 g/mol. The molecular formula is C14H17F3N4. The van der Waals surface area contributed by atoms with E-state index in [1.807, 2.05) is 13.0 Å². The highest BCUT2D eigenvalue weighted by atomic mass is 19.2. The lowest BCUT2D eigenvalue weighted by atomic mass is 10.0. The number of halogens is 3. The quantitative estimate of drug-likeness (QED) is 0.505. The summed E-state index contributed by atoms with van der Waals surface area (Å²) in [4.78, 5) is 0. The zero-order valence-electron chi connectivity index (χ0n) is 11.8. The molecule has 0 saturated carbocycles. The van der Waals surface area contributed by atoms with E-state index in [2.05, 4.69) is 10.5 Å². The molecule has 4 nitrogen and oxygen atoms in total. The van der Waals surface area contributed by atoms with E-state index in [9.17, 15) is 13.2 Å². The molecule has 2 rings (SSSR count). The third-order valence-electron chi connectivity index (χ3n) is 3.44. The predicted molar refractivity (Wildman–Crippen MR) is 72.7 cm³/mol. The lowest BCUT2D eigenvalue weighted by molar-refractivity contribution is 0.422. The first kappa shape index (κ1) is 15.5. The predicted octanol–water partition coefficient (Wildman–Crippen LogP) is 2.15. The first-order valence-electron chi connectivity index (χ1n) is 6.59. The molecule has 0 fully saturated rings. The fraction of sp³-hybridized carbons (Fsp3) is 0.357. The van der Waals surface area contributed by atoms with Crippen LogP contribution in [0.1, 0.15) is 29.9 Å². The Balaban J connectivity index is 2.32. The summed E-state index contributed by atoms with van der Waals surface area (Å²) in [6.45, 7) is 1.97. The summed E-state index contributed by atoms with van der Waals surface area (Å²) < 4.78 is 41.8. The van der Waals surface area contributed by atoms with Gasteiger partial charge in [-0.1, -0.05) is 13.0 Å². The Morgan fingerprint density at radius 3 is 2.57 bits per heavy atom. The molecule has 0 aliphatic carbocycles. The van der Waals surface area contributed by atoms with E-state index in [1.54, 1.807) is 11.7 Å². The lowest BCUT2D eigenvalue weighted by Gasteiger charge is -2.17. The van der Waals surface area contributed by atoms with Gasteiger partial charge in [0.2, 0.25) is 0 Å². The van der Waals surface area contributed by atoms with Crippen molar-refractivity contribution in [3.8, 4) is 0 Å². The Morgan fingerprint density at radius 1 is 1.29 bits per heavy atom. The number of nitrogens with one attached hydrogen (secondary N) is 1. The van der Waals surface area contributed by atoms with Crippen molar-refractivity contribution in [1.82, 2.24) is 15.2 Å². The number of nitrogens with zero attached hydrogens (tertiary/aromatic N) is 2. The fourth-order valence-corrected chi connectivity index (χ4v) is 2.21. The molecule has 114 valence electrons. The molecule has 0 spiro atoms. The molecule has 1 heterocycles. The molecule has 0 aliphatic rings. The Hall–Kier alpha value is -1.86. The van der Waals surface area contributed by atoms with Crippen LogP contribution in [0.5, 0.6) is 0 Å². The zero-order chi connectivity index (χ0) is 15.6. The van der Waals surface area contributed by atoms with Gasteiger partial charge in [0.15, 0.2) is 17.5 Å². The van der Waals surface area contributed by atoms with Gasteiger partial charge in [0, 0.05) is 24.7 Å². The van der Waals surface area contributed by atoms with Crippen LogP contribution in [0.2, 0.25) is 0 Å². The van der Waals surface area contributed by atoms with Crippen molar-refractivity contribution in [2.45, 2.75) is 25.8 Å². The highest BCUT2D eigenvalue weighted by Gasteiger charge is 2.21. The summed E-state index contributed by atoms with van der Waals surface area (Å²) in [6.07, 6.45) is 1.08. The molecule has 0 saturated heterocycles. The standard InChI is InChI=1S/C14H17F3N4/c1-3-8-6-9(21(2)20-8)7-12(19-18)10-4-5-11(15)14(17)13(10)16/h4-6,12,19H,3,7,18H2,1-2H3. The summed E-state index contributed by atoms with van der Waals surface area (Å²) in [5.41, 5.74) is 4.14. The average Bonchev–Trinajstić information content (AvgIpc) is 2.83. The molecule has 1 unspecified atom stereocenters. The number of hydrazine groups is 1. The van der Waals surface area contributed by atoms with Gasteiger partial charge in [-0.25, -0.2) is 13.2 Å². The Bertz CT molecular complexity index is 639. The number of benzene rings is 1. The Kier molecular flexibility index (Phi) is 4.64. The van der Waals surface area contributed by atoms with Gasteiger partial charge in [0.25, 0.3) is 0 Å². The summed E-state index contributed by atoms with van der Waals surface area (Å²) in [7, 11) is 1.77. The van der Waals surface area contributed by atoms with Crippen LogP contribution in [0.4, 0.5) is 13.2 Å². The van der Waals surface area contributed by atoms with Crippen molar-refractivity contribution < 1.29 is 13.2 Å². The monoisotopic (exact) mass is 298 g/mol. The van der Waals surface area contributed by atoms with Crippen LogP contribution in [0, 0.1) is 17.5 Å². The molecule has 21 heavy (non-hydrogen) atoms. The molecule has 2 aromatic rings. The van der Waals surface area contributed by atoms with Crippen LogP contribution in [0.3, 0.4) is 0 Å². The van der Waals surface area contributed by atoms with Crippen molar-refractivity contribution in [2.75, 3.05) is 0 Å². The van der Waals surface area contributed by atoms with Gasteiger partial charge in [0.1, 0.15) is 0 Å². The fourth-order valence-electron chi connectivity index (χ4n) is 2.21. The summed E-state index contributed by atoms with van der Waals surface area (Å²) >= 11 is 0. The highest BCUT2D eigenvalue weighted by Crippen LogP contribution is 2.24. The van der Waals surface area contributed by atoms with E-state index < -0.39 is 23.5 Å². The zero-order valence-corrected chi connectivity index (χ0v) is 11.8. The molecule has 0 radical (unpaired) electrons. The third kappa shape index (κ3) is 3.08. The second-order valence-corrected chi connectivity index (χ2v) is 4.79. The van der Waals surface area contributed by atoms with Gasteiger partial charge in [-0.05, 0) is 18.6 Å². The van der Waals surface area contributed by atoms with Crippen LogP contribution in [0.15, 0.2) is 18.2 Å². The van der Waals surface area contributed by atoms with Crippen molar-refractivity contribution in [3.63, 3.8) is 0 Å². The minimum atomic E-state index is -1.49. The largest absolute Gasteiger partial charge is 0.272 e. The maximum Gasteiger partial charge on any atom is 0.194 e. The maximum absolute atomic E-state index is 13.8. The normalized spacial score (nSPS) is 12.7. The van der Waals surface area contributed by atoms with Crippen LogP contribution >= 0.6 is 0 Å². The first-order valence-corrected chi connectivity index (χ1v) is 6.59. The average molecular weight is 298 g/mol. The van der Waals surface area contributed by atoms with E-state index in [4.69, 9.17) is 5.84 Å². The Morgan fingerprint density at radius 2 is 2.00 bits per heavy atom. The number of hydrogen-bond donors (Lipinski definition) is 2. The van der Waals surface area contributed by atoms with Gasteiger partial charge in [-0.15, -0.1) is 0 Å². The molecule has 1 aromatic carbocycles. The highest BCUT2D eigenvalue weighted by molar-refractivity contribution is 5.25. The summed E-state index contributed by atoms with van der Waals surface area (Å²) in [5, 5.41) is 4.28. The Labute approximate surface area is 120 Å². The van der Waals surface area contributed by atoms with Crippen molar-refractivity contribution in [3.05, 3.63) is 52.6 Å². The minimum Gasteiger partial charge on any atom is -0.272 e. The van der Waals surface area contributed by atoms with E-state index in [1.165, 1.54) is 6.07 Å². The number of aromatic nitrogens is 2. The van der Waals surface area contributed by atoms with Crippen LogP contribution < -0.4 is 11.3 Å². The minimum absolute atomic E-state index is 0.0179. The van der Waals surface area contributed by atoms with Gasteiger partial charge >= 0.3 is 0 Å². The van der Waals surface area contributed by atoms with Gasteiger partial charge in [-0.2, -0.15) is 5.10 Å². The van der Waals surface area contributed by atoms with Gasteiger partial charge in [0.05, 0.1) is 11.7 Å². The molecule has 7 heteroatoms. The van der Waals surface area contributed by atoms with E-state index in [0.29, 0.717) is 6.42 Å². The lowest BCUT2D eigenvalue weighted by Crippen LogP contribution is -2.31. The smallest absolute Gasteiger partial charge is 0.194 e. The van der Waals surface area contributed by atoms with Crippen molar-refractivity contribution in [1.29, 1.82) is 0 Å². The molecule has 1 atom stereocenters. The van der Waals surface area contributed by atoms with Crippen molar-refractivity contribution >= 4 is 0 Å². The number of rotatable bonds is 5. The first-order chi connectivity index (χ1) is 9.97. The maximum atomic E-state index is 13.8. The second-order valence-electron chi connectivity index (χ2n) is 4.79. The number of hydrogen-bond acceptors (Lipinski definition) is 3. The molecule has 0 aliphatic heterocycles. The molecule has 1 aromatic heterocycles. The number of aryl methyl sites for hydroxylation is 2. The molecule has 3 N–H and O–H groups in total. The van der Waals surface area contributed by atoms with Crippen molar-refractivity contribution in [2.24, 2.45) is 12.9 Å². The van der Waals surface area contributed by atoms with E-state index >= 15 is 0 Å². The van der Waals surface area contributed by atoms with Gasteiger partial charge in [-0.3, -0.25) is 16.0 Å².